The van der Waals surface area contributed by atoms with Gasteiger partial charge >= 0.3 is 0 Å². The second-order valence-electron chi connectivity index (χ2n) is 6.36. The Balaban J connectivity index is 1.77. The van der Waals surface area contributed by atoms with Crippen molar-refractivity contribution in [3.8, 4) is 5.75 Å². The van der Waals surface area contributed by atoms with E-state index in [4.69, 9.17) is 0 Å². The van der Waals surface area contributed by atoms with Crippen LogP contribution in [0, 0.1) is 11.3 Å². The lowest BCUT2D eigenvalue weighted by atomic mass is 9.64. The number of fused-ring (bicyclic) bond motifs is 1. The number of aliphatic hydroxyl groups excluding tert-OH is 1. The number of aromatic hydroxyl groups is 1. The number of hydrogen-bond donors (Lipinski definition) is 2. The first-order chi connectivity index (χ1) is 8.59. The van der Waals surface area contributed by atoms with Crippen LogP contribution in [0.2, 0.25) is 0 Å². The maximum absolute atomic E-state index is 10.1. The Morgan fingerprint density at radius 1 is 1.11 bits per heavy atom. The van der Waals surface area contributed by atoms with E-state index in [1.807, 2.05) is 12.1 Å². The lowest BCUT2D eigenvalue weighted by Crippen LogP contribution is -2.36. The highest BCUT2D eigenvalue weighted by molar-refractivity contribution is 5.29. The molecule has 0 bridgehead atoms. The fraction of sp³-hybridized carbons (Fsp3) is 0.625. The third-order valence-corrected chi connectivity index (χ3v) is 5.45. The summed E-state index contributed by atoms with van der Waals surface area (Å²) in [5, 5.41) is 19.5. The molecule has 0 saturated heterocycles. The number of rotatable bonds is 1. The van der Waals surface area contributed by atoms with E-state index in [-0.39, 0.29) is 11.5 Å². The van der Waals surface area contributed by atoms with Crippen molar-refractivity contribution >= 4 is 0 Å². The van der Waals surface area contributed by atoms with Crippen LogP contribution in [0.4, 0.5) is 0 Å². The van der Waals surface area contributed by atoms with E-state index >= 15 is 0 Å². The summed E-state index contributed by atoms with van der Waals surface area (Å²) in [7, 11) is 0. The molecule has 2 nitrogen and oxygen atoms in total. The van der Waals surface area contributed by atoms with E-state index in [2.05, 4.69) is 6.92 Å². The van der Waals surface area contributed by atoms with Crippen LogP contribution in [0.25, 0.3) is 0 Å². The molecule has 0 unspecified atom stereocenters. The zero-order valence-corrected chi connectivity index (χ0v) is 11.0. The minimum absolute atomic E-state index is 0.0942. The SMILES string of the molecule is C[C@]12CC[C@@H](c3ccc(O)cc3)C[C@@H]1CC[C@@H]2O. The van der Waals surface area contributed by atoms with Crippen molar-refractivity contribution in [1.82, 2.24) is 0 Å². The Morgan fingerprint density at radius 2 is 1.83 bits per heavy atom. The van der Waals surface area contributed by atoms with Crippen LogP contribution in [-0.2, 0) is 0 Å². The molecule has 0 aromatic heterocycles. The first-order valence-electron chi connectivity index (χ1n) is 7.06. The van der Waals surface area contributed by atoms with Crippen molar-refractivity contribution in [3.63, 3.8) is 0 Å². The van der Waals surface area contributed by atoms with Gasteiger partial charge in [0.1, 0.15) is 5.75 Å². The topological polar surface area (TPSA) is 40.5 Å². The minimum Gasteiger partial charge on any atom is -0.508 e. The number of phenolic OH excluding ortho intramolecular Hbond substituents is 1. The molecule has 18 heavy (non-hydrogen) atoms. The molecule has 2 saturated carbocycles. The first-order valence-corrected chi connectivity index (χ1v) is 7.06. The van der Waals surface area contributed by atoms with Crippen LogP contribution in [0.1, 0.15) is 50.5 Å². The summed E-state index contributed by atoms with van der Waals surface area (Å²) in [6, 6.07) is 7.67. The van der Waals surface area contributed by atoms with Crippen molar-refractivity contribution in [2.75, 3.05) is 0 Å². The number of aliphatic hydroxyl groups is 1. The Bertz CT molecular complexity index is 425. The summed E-state index contributed by atoms with van der Waals surface area (Å²) in [5.41, 5.74) is 1.50. The highest BCUT2D eigenvalue weighted by atomic mass is 16.3. The molecular formula is C16H22O2. The summed E-state index contributed by atoms with van der Waals surface area (Å²) >= 11 is 0. The normalized spacial score (nSPS) is 39.6. The lowest BCUT2D eigenvalue weighted by molar-refractivity contribution is 0.00872. The van der Waals surface area contributed by atoms with E-state index in [1.54, 1.807) is 12.1 Å². The van der Waals surface area contributed by atoms with Gasteiger partial charge < -0.3 is 10.2 Å². The maximum Gasteiger partial charge on any atom is 0.115 e. The van der Waals surface area contributed by atoms with Crippen molar-refractivity contribution in [2.24, 2.45) is 11.3 Å². The standard InChI is InChI=1S/C16H22O2/c1-16-9-8-12(10-13(16)4-7-15(16)18)11-2-5-14(17)6-3-11/h2-3,5-6,12-13,15,17-18H,4,7-10H2,1H3/t12-,13+,15+,16+/m1/s1. The van der Waals surface area contributed by atoms with Crippen LogP contribution in [-0.4, -0.2) is 16.3 Å². The van der Waals surface area contributed by atoms with Gasteiger partial charge in [0, 0.05) is 0 Å². The molecule has 2 fully saturated rings. The van der Waals surface area contributed by atoms with Gasteiger partial charge in [-0.25, -0.2) is 0 Å². The summed E-state index contributed by atoms with van der Waals surface area (Å²) in [6.07, 6.45) is 5.54. The van der Waals surface area contributed by atoms with Crippen molar-refractivity contribution < 1.29 is 10.2 Å². The first kappa shape index (κ1) is 12.0. The van der Waals surface area contributed by atoms with Crippen molar-refractivity contribution in [3.05, 3.63) is 29.8 Å². The average Bonchev–Trinajstić information content (AvgIpc) is 2.66. The average molecular weight is 246 g/mol. The van der Waals surface area contributed by atoms with E-state index < -0.39 is 0 Å². The van der Waals surface area contributed by atoms with Gasteiger partial charge in [-0.2, -0.15) is 0 Å². The van der Waals surface area contributed by atoms with E-state index in [9.17, 15) is 10.2 Å². The molecule has 0 aliphatic heterocycles. The van der Waals surface area contributed by atoms with Gasteiger partial charge in [-0.3, -0.25) is 0 Å². The third-order valence-electron chi connectivity index (χ3n) is 5.45. The summed E-state index contributed by atoms with van der Waals surface area (Å²) in [4.78, 5) is 0. The Hall–Kier alpha value is -1.02. The fourth-order valence-corrected chi connectivity index (χ4v) is 4.04. The molecule has 2 aliphatic carbocycles. The van der Waals surface area contributed by atoms with Crippen LogP contribution in [0.5, 0.6) is 5.75 Å². The summed E-state index contributed by atoms with van der Waals surface area (Å²) < 4.78 is 0. The minimum atomic E-state index is -0.0942. The van der Waals surface area contributed by atoms with Gasteiger partial charge in [-0.15, -0.1) is 0 Å². The highest BCUT2D eigenvalue weighted by Crippen LogP contribution is 2.55. The van der Waals surface area contributed by atoms with Gasteiger partial charge in [0.2, 0.25) is 0 Å². The molecule has 3 rings (SSSR count). The number of hydrogen-bond acceptors (Lipinski definition) is 2. The molecule has 0 heterocycles. The van der Waals surface area contributed by atoms with E-state index in [0.717, 1.165) is 19.3 Å². The zero-order valence-electron chi connectivity index (χ0n) is 11.0. The molecule has 1 aromatic rings. The second kappa shape index (κ2) is 4.27. The van der Waals surface area contributed by atoms with Crippen LogP contribution in [0.15, 0.2) is 24.3 Å². The largest absolute Gasteiger partial charge is 0.508 e. The van der Waals surface area contributed by atoms with Gasteiger partial charge in [-0.05, 0) is 67.1 Å². The van der Waals surface area contributed by atoms with Gasteiger partial charge in [0.05, 0.1) is 6.10 Å². The van der Waals surface area contributed by atoms with Gasteiger partial charge in [-0.1, -0.05) is 19.1 Å². The third kappa shape index (κ3) is 1.83. The monoisotopic (exact) mass is 246 g/mol. The quantitative estimate of drug-likeness (QED) is 0.797. The molecular weight excluding hydrogens is 224 g/mol. The number of phenols is 1. The molecule has 1 aromatic carbocycles. The van der Waals surface area contributed by atoms with Crippen molar-refractivity contribution in [1.29, 1.82) is 0 Å². The molecule has 0 spiro atoms. The predicted molar refractivity (Wildman–Crippen MR) is 71.5 cm³/mol. The van der Waals surface area contributed by atoms with Crippen LogP contribution in [0.3, 0.4) is 0 Å². The fourth-order valence-electron chi connectivity index (χ4n) is 4.04. The maximum atomic E-state index is 10.1. The molecule has 2 aliphatic rings. The molecule has 0 amide bonds. The molecule has 0 radical (unpaired) electrons. The zero-order chi connectivity index (χ0) is 12.8. The highest BCUT2D eigenvalue weighted by Gasteiger charge is 2.48. The Kier molecular flexibility index (Phi) is 2.86. The van der Waals surface area contributed by atoms with Crippen LogP contribution >= 0.6 is 0 Å². The molecule has 4 atom stereocenters. The summed E-state index contributed by atoms with van der Waals surface area (Å²) in [5.74, 6) is 1.62. The predicted octanol–water partition coefficient (Wildman–Crippen LogP) is 3.44. The van der Waals surface area contributed by atoms with E-state index in [0.29, 0.717) is 17.6 Å². The Morgan fingerprint density at radius 3 is 2.56 bits per heavy atom. The molecule has 2 heteroatoms. The van der Waals surface area contributed by atoms with Crippen molar-refractivity contribution in [2.45, 2.75) is 51.0 Å². The van der Waals surface area contributed by atoms with Gasteiger partial charge in [0.25, 0.3) is 0 Å². The molecule has 98 valence electrons. The van der Waals surface area contributed by atoms with Gasteiger partial charge in [0.15, 0.2) is 0 Å². The lowest BCUT2D eigenvalue weighted by Gasteiger charge is -2.42. The Labute approximate surface area is 109 Å². The van der Waals surface area contributed by atoms with E-state index in [1.165, 1.54) is 18.4 Å². The second-order valence-corrected chi connectivity index (χ2v) is 6.36. The smallest absolute Gasteiger partial charge is 0.115 e. The van der Waals surface area contributed by atoms with Crippen LogP contribution < -0.4 is 0 Å². The molecule has 2 N–H and O–H groups in total. The summed E-state index contributed by atoms with van der Waals surface area (Å²) in [6.45, 7) is 2.27. The number of benzene rings is 1.